The van der Waals surface area contributed by atoms with Crippen LogP contribution in [0.5, 0.6) is 0 Å². The predicted octanol–water partition coefficient (Wildman–Crippen LogP) is 0.623. The van der Waals surface area contributed by atoms with E-state index in [0.29, 0.717) is 6.54 Å². The third-order valence-electron chi connectivity index (χ3n) is 2.51. The summed E-state index contributed by atoms with van der Waals surface area (Å²) in [6.45, 7) is 7.81. The summed E-state index contributed by atoms with van der Waals surface area (Å²) in [5.74, 6) is 0.195. The number of ether oxygens (including phenoxy) is 1. The lowest BCUT2D eigenvalue weighted by molar-refractivity contribution is -0.130. The van der Waals surface area contributed by atoms with Crippen LogP contribution in [-0.4, -0.2) is 49.7 Å². The van der Waals surface area contributed by atoms with Crippen molar-refractivity contribution in [3.8, 4) is 0 Å². The maximum atomic E-state index is 11.8. The highest BCUT2D eigenvalue weighted by Gasteiger charge is 2.18. The molecule has 1 amide bonds. The molecular weight excluding hydrogens is 192 g/mol. The lowest BCUT2D eigenvalue weighted by atomic mass is 10.3. The van der Waals surface area contributed by atoms with E-state index >= 15 is 0 Å². The van der Waals surface area contributed by atoms with E-state index in [1.807, 2.05) is 11.8 Å². The van der Waals surface area contributed by atoms with Gasteiger partial charge in [0, 0.05) is 19.7 Å². The normalized spacial score (nSPS) is 22.5. The Morgan fingerprint density at radius 3 is 3.13 bits per heavy atom. The fraction of sp³-hybridized carbons (Fsp3) is 0.909. The molecule has 0 radical (unpaired) electrons. The Morgan fingerprint density at radius 2 is 2.40 bits per heavy atom. The highest BCUT2D eigenvalue weighted by atomic mass is 16.5. The van der Waals surface area contributed by atoms with Gasteiger partial charge in [-0.1, -0.05) is 6.92 Å². The molecule has 15 heavy (non-hydrogen) atoms. The molecule has 1 heterocycles. The van der Waals surface area contributed by atoms with Crippen LogP contribution in [0.2, 0.25) is 0 Å². The number of nitrogens with zero attached hydrogens (tertiary/aromatic N) is 1. The largest absolute Gasteiger partial charge is 0.377 e. The van der Waals surface area contributed by atoms with Gasteiger partial charge < -0.3 is 15.0 Å². The van der Waals surface area contributed by atoms with Crippen molar-refractivity contribution in [2.75, 3.05) is 32.8 Å². The van der Waals surface area contributed by atoms with Gasteiger partial charge in [-0.3, -0.25) is 4.79 Å². The zero-order valence-electron chi connectivity index (χ0n) is 9.79. The number of carbonyl (C=O) groups excluding carboxylic acids is 1. The molecule has 1 fully saturated rings. The minimum absolute atomic E-state index is 0.169. The highest BCUT2D eigenvalue weighted by molar-refractivity contribution is 5.78. The van der Waals surface area contributed by atoms with Crippen LogP contribution < -0.4 is 5.32 Å². The summed E-state index contributed by atoms with van der Waals surface area (Å²) in [5.41, 5.74) is 0. The van der Waals surface area contributed by atoms with Gasteiger partial charge in [0.25, 0.3) is 0 Å². The van der Waals surface area contributed by atoms with E-state index < -0.39 is 0 Å². The second-order valence-electron chi connectivity index (χ2n) is 4.05. The van der Waals surface area contributed by atoms with E-state index in [9.17, 15) is 4.79 Å². The molecule has 0 aromatic rings. The number of nitrogens with one attached hydrogen (secondary N) is 1. The summed E-state index contributed by atoms with van der Waals surface area (Å²) in [6.07, 6.45) is 2.18. The van der Waals surface area contributed by atoms with Crippen molar-refractivity contribution in [1.82, 2.24) is 10.2 Å². The van der Waals surface area contributed by atoms with Crippen LogP contribution in [0.25, 0.3) is 0 Å². The van der Waals surface area contributed by atoms with Crippen molar-refractivity contribution in [3.05, 3.63) is 0 Å². The molecule has 1 aliphatic heterocycles. The van der Waals surface area contributed by atoms with Gasteiger partial charge in [0.15, 0.2) is 0 Å². The van der Waals surface area contributed by atoms with Crippen LogP contribution in [0.3, 0.4) is 0 Å². The van der Waals surface area contributed by atoms with Gasteiger partial charge in [0.2, 0.25) is 5.91 Å². The lowest BCUT2D eigenvalue weighted by Crippen LogP contribution is -2.41. The standard InChI is InChI=1S/C11H22N2O2/c1-3-5-12-8-11(14)13-6-4-7-15-10(2)9-13/h10,12H,3-9H2,1-2H3. The van der Waals surface area contributed by atoms with E-state index in [-0.39, 0.29) is 12.0 Å². The monoisotopic (exact) mass is 214 g/mol. The van der Waals surface area contributed by atoms with Crippen molar-refractivity contribution in [1.29, 1.82) is 0 Å². The minimum atomic E-state index is 0.169. The average molecular weight is 214 g/mol. The fourth-order valence-corrected chi connectivity index (χ4v) is 1.70. The van der Waals surface area contributed by atoms with Crippen LogP contribution >= 0.6 is 0 Å². The summed E-state index contributed by atoms with van der Waals surface area (Å²) >= 11 is 0. The first-order valence-electron chi connectivity index (χ1n) is 5.84. The Bertz CT molecular complexity index is 197. The molecule has 1 N–H and O–H groups in total. The molecule has 4 nitrogen and oxygen atoms in total. The van der Waals surface area contributed by atoms with E-state index in [2.05, 4.69) is 12.2 Å². The molecule has 1 atom stereocenters. The number of carbonyl (C=O) groups is 1. The second-order valence-corrected chi connectivity index (χ2v) is 4.05. The van der Waals surface area contributed by atoms with Crippen LogP contribution in [0.1, 0.15) is 26.7 Å². The van der Waals surface area contributed by atoms with Crippen LogP contribution in [-0.2, 0) is 9.53 Å². The topological polar surface area (TPSA) is 41.6 Å². The Labute approximate surface area is 92.0 Å². The van der Waals surface area contributed by atoms with Gasteiger partial charge in [-0.15, -0.1) is 0 Å². The third-order valence-corrected chi connectivity index (χ3v) is 2.51. The van der Waals surface area contributed by atoms with Gasteiger partial charge in [-0.05, 0) is 26.3 Å². The van der Waals surface area contributed by atoms with E-state index in [0.717, 1.165) is 39.1 Å². The molecule has 0 bridgehead atoms. The van der Waals surface area contributed by atoms with Gasteiger partial charge >= 0.3 is 0 Å². The summed E-state index contributed by atoms with van der Waals surface area (Å²) < 4.78 is 5.49. The van der Waals surface area contributed by atoms with E-state index in [1.54, 1.807) is 0 Å². The van der Waals surface area contributed by atoms with Crippen molar-refractivity contribution >= 4 is 5.91 Å². The highest BCUT2D eigenvalue weighted by Crippen LogP contribution is 2.05. The van der Waals surface area contributed by atoms with Gasteiger partial charge in [0.1, 0.15) is 0 Å². The zero-order chi connectivity index (χ0) is 11.1. The zero-order valence-corrected chi connectivity index (χ0v) is 9.79. The van der Waals surface area contributed by atoms with Gasteiger partial charge in [-0.25, -0.2) is 0 Å². The smallest absolute Gasteiger partial charge is 0.236 e. The molecule has 0 aromatic heterocycles. The molecule has 4 heteroatoms. The van der Waals surface area contributed by atoms with Gasteiger partial charge in [0.05, 0.1) is 12.6 Å². The molecule has 0 saturated carbocycles. The summed E-state index contributed by atoms with van der Waals surface area (Å²) in [4.78, 5) is 13.7. The first-order valence-corrected chi connectivity index (χ1v) is 5.84. The van der Waals surface area contributed by atoms with E-state index in [4.69, 9.17) is 4.74 Å². The lowest BCUT2D eigenvalue weighted by Gasteiger charge is -2.22. The molecule has 1 rings (SSSR count). The maximum absolute atomic E-state index is 11.8. The quantitative estimate of drug-likeness (QED) is 0.698. The number of amides is 1. The van der Waals surface area contributed by atoms with Crippen LogP contribution in [0.15, 0.2) is 0 Å². The first kappa shape index (κ1) is 12.5. The van der Waals surface area contributed by atoms with Crippen LogP contribution in [0, 0.1) is 0 Å². The fourth-order valence-electron chi connectivity index (χ4n) is 1.70. The molecule has 88 valence electrons. The average Bonchev–Trinajstić information content (AvgIpc) is 2.43. The molecule has 0 aromatic carbocycles. The number of hydrogen-bond acceptors (Lipinski definition) is 3. The molecule has 1 aliphatic rings. The minimum Gasteiger partial charge on any atom is -0.377 e. The predicted molar refractivity (Wildman–Crippen MR) is 59.8 cm³/mol. The summed E-state index contributed by atoms with van der Waals surface area (Å²) in [7, 11) is 0. The maximum Gasteiger partial charge on any atom is 0.236 e. The second kappa shape index (κ2) is 6.80. The molecule has 1 unspecified atom stereocenters. The number of rotatable bonds is 4. The van der Waals surface area contributed by atoms with Crippen molar-refractivity contribution < 1.29 is 9.53 Å². The summed E-state index contributed by atoms with van der Waals surface area (Å²) in [5, 5.41) is 3.14. The van der Waals surface area contributed by atoms with Gasteiger partial charge in [-0.2, -0.15) is 0 Å². The Hall–Kier alpha value is -0.610. The Morgan fingerprint density at radius 1 is 1.60 bits per heavy atom. The SMILES string of the molecule is CCCNCC(=O)N1CCCOC(C)C1. The van der Waals surface area contributed by atoms with Crippen molar-refractivity contribution in [2.24, 2.45) is 0 Å². The van der Waals surface area contributed by atoms with E-state index in [1.165, 1.54) is 0 Å². The summed E-state index contributed by atoms with van der Waals surface area (Å²) in [6, 6.07) is 0. The van der Waals surface area contributed by atoms with Crippen molar-refractivity contribution in [3.63, 3.8) is 0 Å². The molecule has 1 saturated heterocycles. The van der Waals surface area contributed by atoms with Crippen LogP contribution in [0.4, 0.5) is 0 Å². The number of hydrogen-bond donors (Lipinski definition) is 1. The Balaban J connectivity index is 2.29. The third kappa shape index (κ3) is 4.62. The first-order chi connectivity index (χ1) is 7.24. The molecular formula is C11H22N2O2. The Kier molecular flexibility index (Phi) is 5.65. The molecule has 0 aliphatic carbocycles. The molecule has 0 spiro atoms. The van der Waals surface area contributed by atoms with Crippen molar-refractivity contribution in [2.45, 2.75) is 32.8 Å².